The SMILES string of the molecule is CCOc1ccc(N/C=C(/C#N)c2nc(-c3cccc(OC)c3)cs2)cc1. The molecule has 1 N–H and O–H groups in total. The summed E-state index contributed by atoms with van der Waals surface area (Å²) in [5.41, 5.74) is 3.11. The number of thiazole rings is 1. The number of anilines is 1. The van der Waals surface area contributed by atoms with Crippen molar-refractivity contribution in [1.29, 1.82) is 5.26 Å². The summed E-state index contributed by atoms with van der Waals surface area (Å²) in [4.78, 5) is 4.59. The predicted octanol–water partition coefficient (Wildman–Crippen LogP) is 5.19. The monoisotopic (exact) mass is 377 g/mol. The van der Waals surface area contributed by atoms with E-state index in [1.165, 1.54) is 11.3 Å². The first kappa shape index (κ1) is 18.5. The second-order valence-electron chi connectivity index (χ2n) is 5.54. The molecule has 27 heavy (non-hydrogen) atoms. The molecule has 5 nitrogen and oxygen atoms in total. The Kier molecular flexibility index (Phi) is 6.08. The molecular weight excluding hydrogens is 358 g/mol. The lowest BCUT2D eigenvalue weighted by atomic mass is 10.1. The number of methoxy groups -OCH3 is 1. The average Bonchev–Trinajstić information content (AvgIpc) is 3.20. The zero-order chi connectivity index (χ0) is 19.1. The third-order valence-corrected chi connectivity index (χ3v) is 4.64. The fourth-order valence-corrected chi connectivity index (χ4v) is 3.22. The lowest BCUT2D eigenvalue weighted by molar-refractivity contribution is 0.340. The van der Waals surface area contributed by atoms with Gasteiger partial charge in [-0.05, 0) is 43.3 Å². The van der Waals surface area contributed by atoms with E-state index < -0.39 is 0 Å². The van der Waals surface area contributed by atoms with Gasteiger partial charge in [0.25, 0.3) is 0 Å². The van der Waals surface area contributed by atoms with Gasteiger partial charge in [0.1, 0.15) is 28.1 Å². The van der Waals surface area contributed by atoms with Gasteiger partial charge in [0.05, 0.1) is 19.4 Å². The van der Waals surface area contributed by atoms with Crippen molar-refractivity contribution in [3.8, 4) is 28.8 Å². The molecular formula is C21H19N3O2S. The quantitative estimate of drug-likeness (QED) is 0.574. The third-order valence-electron chi connectivity index (χ3n) is 3.77. The van der Waals surface area contributed by atoms with Crippen LogP contribution in [0.25, 0.3) is 16.8 Å². The van der Waals surface area contributed by atoms with E-state index in [0.29, 0.717) is 17.2 Å². The molecule has 0 spiro atoms. The summed E-state index contributed by atoms with van der Waals surface area (Å²) in [6.07, 6.45) is 1.67. The molecule has 3 aromatic rings. The number of nitriles is 1. The smallest absolute Gasteiger partial charge is 0.136 e. The van der Waals surface area contributed by atoms with Gasteiger partial charge in [-0.1, -0.05) is 12.1 Å². The predicted molar refractivity (Wildman–Crippen MR) is 109 cm³/mol. The Balaban J connectivity index is 1.76. The summed E-state index contributed by atoms with van der Waals surface area (Å²) in [6.45, 7) is 2.58. The Hall–Kier alpha value is -3.30. The topological polar surface area (TPSA) is 67.2 Å². The van der Waals surface area contributed by atoms with Crippen LogP contribution in [0.1, 0.15) is 11.9 Å². The first-order valence-electron chi connectivity index (χ1n) is 8.43. The first-order chi connectivity index (χ1) is 13.2. The third kappa shape index (κ3) is 4.66. The van der Waals surface area contributed by atoms with Crippen molar-refractivity contribution in [2.75, 3.05) is 19.0 Å². The van der Waals surface area contributed by atoms with Crippen molar-refractivity contribution in [2.45, 2.75) is 6.92 Å². The lowest BCUT2D eigenvalue weighted by Crippen LogP contribution is -1.93. The van der Waals surface area contributed by atoms with Gasteiger partial charge < -0.3 is 14.8 Å². The summed E-state index contributed by atoms with van der Waals surface area (Å²) < 4.78 is 10.7. The Morgan fingerprint density at radius 3 is 2.74 bits per heavy atom. The normalized spacial score (nSPS) is 10.9. The molecule has 0 atom stereocenters. The highest BCUT2D eigenvalue weighted by Gasteiger charge is 2.09. The van der Waals surface area contributed by atoms with Crippen LogP contribution in [-0.2, 0) is 0 Å². The summed E-state index contributed by atoms with van der Waals surface area (Å²) in [5.74, 6) is 1.59. The molecule has 0 amide bonds. The van der Waals surface area contributed by atoms with Crippen LogP contribution in [0.4, 0.5) is 5.69 Å². The maximum Gasteiger partial charge on any atom is 0.136 e. The second kappa shape index (κ2) is 8.88. The molecule has 0 fully saturated rings. The number of nitrogens with zero attached hydrogens (tertiary/aromatic N) is 2. The van der Waals surface area contributed by atoms with Gasteiger partial charge in [-0.15, -0.1) is 11.3 Å². The van der Waals surface area contributed by atoms with Crippen LogP contribution in [0.2, 0.25) is 0 Å². The highest BCUT2D eigenvalue weighted by Crippen LogP contribution is 2.28. The van der Waals surface area contributed by atoms with Crippen LogP contribution in [0.3, 0.4) is 0 Å². The van der Waals surface area contributed by atoms with Gasteiger partial charge in [0, 0.05) is 22.8 Å². The van der Waals surface area contributed by atoms with Crippen molar-refractivity contribution in [2.24, 2.45) is 0 Å². The number of nitrogens with one attached hydrogen (secondary N) is 1. The highest BCUT2D eigenvalue weighted by atomic mass is 32.1. The number of allylic oxidation sites excluding steroid dienone is 1. The number of hydrogen-bond donors (Lipinski definition) is 1. The summed E-state index contributed by atoms with van der Waals surface area (Å²) in [6, 6.07) is 17.5. The lowest BCUT2D eigenvalue weighted by Gasteiger charge is -2.05. The number of benzene rings is 2. The second-order valence-corrected chi connectivity index (χ2v) is 6.40. The van der Waals surface area contributed by atoms with Crippen molar-refractivity contribution in [3.63, 3.8) is 0 Å². The van der Waals surface area contributed by atoms with Crippen LogP contribution < -0.4 is 14.8 Å². The van der Waals surface area contributed by atoms with Gasteiger partial charge in [0.15, 0.2) is 0 Å². The van der Waals surface area contributed by atoms with E-state index in [4.69, 9.17) is 9.47 Å². The van der Waals surface area contributed by atoms with Crippen molar-refractivity contribution >= 4 is 22.6 Å². The number of rotatable bonds is 7. The van der Waals surface area contributed by atoms with Crippen LogP contribution in [-0.4, -0.2) is 18.7 Å². The molecule has 0 radical (unpaired) electrons. The molecule has 0 saturated heterocycles. The molecule has 0 aliphatic heterocycles. The van der Waals surface area contributed by atoms with E-state index in [2.05, 4.69) is 16.4 Å². The van der Waals surface area contributed by atoms with E-state index >= 15 is 0 Å². The van der Waals surface area contributed by atoms with Crippen LogP contribution in [0.15, 0.2) is 60.1 Å². The molecule has 0 saturated carbocycles. The number of aromatic nitrogens is 1. The zero-order valence-corrected chi connectivity index (χ0v) is 15.9. The Morgan fingerprint density at radius 1 is 1.22 bits per heavy atom. The van der Waals surface area contributed by atoms with E-state index in [1.807, 2.05) is 60.8 Å². The Morgan fingerprint density at radius 2 is 2.04 bits per heavy atom. The number of ether oxygens (including phenoxy) is 2. The van der Waals surface area contributed by atoms with Gasteiger partial charge in [-0.3, -0.25) is 0 Å². The van der Waals surface area contributed by atoms with Gasteiger partial charge in [0.2, 0.25) is 0 Å². The van der Waals surface area contributed by atoms with E-state index in [9.17, 15) is 5.26 Å². The molecule has 1 aromatic heterocycles. The van der Waals surface area contributed by atoms with Crippen molar-refractivity contribution in [1.82, 2.24) is 4.98 Å². The minimum atomic E-state index is 0.475. The number of hydrogen-bond acceptors (Lipinski definition) is 6. The molecule has 0 aliphatic rings. The molecule has 0 aliphatic carbocycles. The van der Waals surface area contributed by atoms with E-state index in [1.54, 1.807) is 13.3 Å². The van der Waals surface area contributed by atoms with Gasteiger partial charge >= 0.3 is 0 Å². The molecule has 0 unspecified atom stereocenters. The largest absolute Gasteiger partial charge is 0.497 e. The van der Waals surface area contributed by atoms with E-state index in [-0.39, 0.29) is 0 Å². The molecule has 3 rings (SSSR count). The van der Waals surface area contributed by atoms with Crippen LogP contribution in [0, 0.1) is 11.3 Å². The maximum atomic E-state index is 9.50. The van der Waals surface area contributed by atoms with Crippen molar-refractivity contribution in [3.05, 3.63) is 65.1 Å². The molecule has 1 heterocycles. The van der Waals surface area contributed by atoms with Crippen LogP contribution >= 0.6 is 11.3 Å². The van der Waals surface area contributed by atoms with Crippen LogP contribution in [0.5, 0.6) is 11.5 Å². The molecule has 0 bridgehead atoms. The Labute approximate surface area is 162 Å². The standard InChI is InChI=1S/C21H19N3O2S/c1-3-26-18-9-7-17(8-10-18)23-13-16(12-22)21-24-20(14-27-21)15-5-4-6-19(11-15)25-2/h4-11,13-14,23H,3H2,1-2H3/b16-13-. The van der Waals surface area contributed by atoms with E-state index in [0.717, 1.165) is 28.4 Å². The minimum absolute atomic E-state index is 0.475. The first-order valence-corrected chi connectivity index (χ1v) is 9.31. The summed E-state index contributed by atoms with van der Waals surface area (Å²) in [5, 5.41) is 15.2. The molecule has 2 aromatic carbocycles. The van der Waals surface area contributed by atoms with Crippen molar-refractivity contribution < 1.29 is 9.47 Å². The molecule has 136 valence electrons. The maximum absolute atomic E-state index is 9.50. The van der Waals surface area contributed by atoms with Gasteiger partial charge in [-0.2, -0.15) is 5.26 Å². The fraction of sp³-hybridized carbons (Fsp3) is 0.143. The fourth-order valence-electron chi connectivity index (χ4n) is 2.42. The average molecular weight is 377 g/mol. The summed E-state index contributed by atoms with van der Waals surface area (Å²) >= 11 is 1.43. The minimum Gasteiger partial charge on any atom is -0.497 e. The zero-order valence-electron chi connectivity index (χ0n) is 15.1. The molecule has 6 heteroatoms. The van der Waals surface area contributed by atoms with Gasteiger partial charge in [-0.25, -0.2) is 4.98 Å². The summed E-state index contributed by atoms with van der Waals surface area (Å²) in [7, 11) is 1.63. The highest BCUT2D eigenvalue weighted by molar-refractivity contribution is 7.11. The Bertz CT molecular complexity index is 972.